The van der Waals surface area contributed by atoms with Crippen molar-refractivity contribution >= 4 is 58.4 Å². The third-order valence-corrected chi connectivity index (χ3v) is 9.42. The average molecular weight is 572 g/mol. The minimum atomic E-state index is 0.802. The van der Waals surface area contributed by atoms with Gasteiger partial charge in [-0.2, -0.15) is 0 Å². The molecular weight excluding hydrogens is 547 g/mol. The summed E-state index contributed by atoms with van der Waals surface area (Å²) in [4.78, 5) is 4.61. The summed E-state index contributed by atoms with van der Waals surface area (Å²) in [6.45, 7) is 2.18. The predicted molar refractivity (Wildman–Crippen MR) is 178 cm³/mol. The van der Waals surface area contributed by atoms with Gasteiger partial charge in [0, 0.05) is 22.6 Å². The Morgan fingerprint density at radius 1 is 0.628 bits per heavy atom. The van der Waals surface area contributed by atoms with Crippen LogP contribution in [0.15, 0.2) is 131 Å². The van der Waals surface area contributed by atoms with Gasteiger partial charge in [-0.05, 0) is 84.2 Å². The van der Waals surface area contributed by atoms with Crippen molar-refractivity contribution in [3.63, 3.8) is 0 Å². The first kappa shape index (κ1) is 24.5. The molecule has 0 unspecified atom stereocenters. The number of ether oxygens (including phenoxy) is 2. The number of aryl methyl sites for hydroxylation is 1. The molecule has 0 bridgehead atoms. The van der Waals surface area contributed by atoms with Gasteiger partial charge in [-0.15, -0.1) is 0 Å². The zero-order chi connectivity index (χ0) is 28.5. The van der Waals surface area contributed by atoms with E-state index in [-0.39, 0.29) is 0 Å². The Labute approximate surface area is 255 Å². The highest BCUT2D eigenvalue weighted by Crippen LogP contribution is 2.53. The molecule has 6 aromatic rings. The molecule has 0 aliphatic carbocycles. The average Bonchev–Trinajstić information content (AvgIpc) is 3.04. The summed E-state index contributed by atoms with van der Waals surface area (Å²) < 4.78 is 12.9. The molecule has 3 heterocycles. The number of benzene rings is 6. The van der Waals surface area contributed by atoms with Crippen LogP contribution in [-0.2, 0) is 0 Å². The fourth-order valence-corrected chi connectivity index (χ4v) is 7.43. The van der Waals surface area contributed by atoms with E-state index >= 15 is 0 Å². The molecule has 1 N–H and O–H groups in total. The number of anilines is 5. The van der Waals surface area contributed by atoms with Gasteiger partial charge in [-0.1, -0.05) is 77.9 Å². The highest BCUT2D eigenvalue weighted by molar-refractivity contribution is 7.99. The van der Waals surface area contributed by atoms with Gasteiger partial charge in [0.05, 0.1) is 21.2 Å². The van der Waals surface area contributed by atoms with E-state index in [4.69, 9.17) is 9.47 Å². The summed E-state index contributed by atoms with van der Waals surface area (Å²) in [5.74, 6) is 3.54. The maximum absolute atomic E-state index is 6.51. The van der Waals surface area contributed by atoms with Gasteiger partial charge in [0.15, 0.2) is 18.8 Å². The predicted octanol–water partition coefficient (Wildman–Crippen LogP) is 8.94. The molecule has 4 nitrogen and oxygen atoms in total. The largest absolute Gasteiger partial charge is 0.455 e. The van der Waals surface area contributed by atoms with E-state index in [1.54, 1.807) is 11.8 Å². The summed E-state index contributed by atoms with van der Waals surface area (Å²) in [6, 6.07) is 42.4. The third-order valence-electron chi connectivity index (χ3n) is 8.33. The van der Waals surface area contributed by atoms with Crippen LogP contribution in [0, 0.1) is 6.92 Å². The monoisotopic (exact) mass is 572 g/mol. The summed E-state index contributed by atoms with van der Waals surface area (Å²) in [6.07, 6.45) is 0. The van der Waals surface area contributed by atoms with Crippen LogP contribution in [0.3, 0.4) is 0 Å². The molecule has 3 aliphatic rings. The van der Waals surface area contributed by atoms with Crippen LogP contribution in [0.2, 0.25) is 0 Å². The Morgan fingerprint density at radius 3 is 2.30 bits per heavy atom. The van der Waals surface area contributed by atoms with Gasteiger partial charge >= 0.3 is 0 Å². The molecule has 0 amide bonds. The molecule has 0 saturated heterocycles. The topological polar surface area (TPSA) is 33.7 Å². The molecule has 6 aromatic carbocycles. The summed E-state index contributed by atoms with van der Waals surface area (Å²) in [7, 11) is 0.802. The second-order valence-corrected chi connectivity index (χ2v) is 12.2. The molecular formula is C37H25BN2O2S. The number of hydrogen-bond acceptors (Lipinski definition) is 5. The molecule has 43 heavy (non-hydrogen) atoms. The Hall–Kier alpha value is -5.07. The van der Waals surface area contributed by atoms with Crippen molar-refractivity contribution in [3.05, 3.63) is 127 Å². The lowest BCUT2D eigenvalue weighted by atomic mass is 9.58. The first-order valence-corrected chi connectivity index (χ1v) is 15.3. The van der Waals surface area contributed by atoms with Gasteiger partial charge < -0.3 is 19.7 Å². The second-order valence-electron chi connectivity index (χ2n) is 11.1. The van der Waals surface area contributed by atoms with Crippen molar-refractivity contribution in [1.82, 2.24) is 0 Å². The maximum atomic E-state index is 6.51. The summed E-state index contributed by atoms with van der Waals surface area (Å²) in [5.41, 5.74) is 11.5. The molecule has 0 aromatic heterocycles. The molecule has 3 aliphatic heterocycles. The maximum Gasteiger partial charge on any atom is 0.198 e. The first-order chi connectivity index (χ1) is 21.2. The highest BCUT2D eigenvalue weighted by atomic mass is 32.2. The van der Waals surface area contributed by atoms with Crippen molar-refractivity contribution in [2.75, 3.05) is 10.2 Å². The Bertz CT molecular complexity index is 2100. The van der Waals surface area contributed by atoms with Crippen LogP contribution in [0.25, 0.3) is 11.1 Å². The van der Waals surface area contributed by atoms with Crippen LogP contribution in [0.5, 0.6) is 23.0 Å². The van der Waals surface area contributed by atoms with Gasteiger partial charge in [-0.25, -0.2) is 0 Å². The number of hydrogen-bond donors (Lipinski definition) is 1. The quantitative estimate of drug-likeness (QED) is 0.214. The molecule has 6 heteroatoms. The number of para-hydroxylation sites is 5. The Balaban J connectivity index is 1.27. The Morgan fingerprint density at radius 2 is 1.40 bits per heavy atom. The van der Waals surface area contributed by atoms with Crippen molar-refractivity contribution in [3.8, 4) is 34.1 Å². The van der Waals surface area contributed by atoms with Crippen molar-refractivity contribution in [2.24, 2.45) is 0 Å². The van der Waals surface area contributed by atoms with E-state index in [1.165, 1.54) is 27.7 Å². The van der Waals surface area contributed by atoms with Crippen molar-refractivity contribution < 1.29 is 9.47 Å². The summed E-state index contributed by atoms with van der Waals surface area (Å²) in [5, 5.41) is 3.75. The van der Waals surface area contributed by atoms with E-state index in [2.05, 4.69) is 108 Å². The highest BCUT2D eigenvalue weighted by Gasteiger charge is 2.35. The molecule has 204 valence electrons. The number of nitrogens with one attached hydrogen (secondary N) is 1. The van der Waals surface area contributed by atoms with Gasteiger partial charge in [-0.3, -0.25) is 0 Å². The molecule has 0 fully saturated rings. The number of rotatable bonds is 3. The van der Waals surface area contributed by atoms with Crippen molar-refractivity contribution in [2.45, 2.75) is 16.7 Å². The lowest BCUT2D eigenvalue weighted by molar-refractivity contribution is 0.455. The van der Waals surface area contributed by atoms with Crippen LogP contribution >= 0.6 is 11.8 Å². The van der Waals surface area contributed by atoms with Gasteiger partial charge in [0.25, 0.3) is 0 Å². The van der Waals surface area contributed by atoms with E-state index in [0.717, 1.165) is 68.4 Å². The van der Waals surface area contributed by atoms with Crippen LogP contribution in [0.1, 0.15) is 5.56 Å². The van der Waals surface area contributed by atoms with Crippen molar-refractivity contribution in [1.29, 1.82) is 0 Å². The molecule has 0 radical (unpaired) electrons. The SMILES string of the molecule is Cc1cc(-c2cc3c(cc2Nc2ccccc2)Sc2ccccc2O3)c2c(c1)N1c3ccccc3Oc3cccc(c31)B2. The minimum absolute atomic E-state index is 0.802. The molecule has 0 atom stereocenters. The van der Waals surface area contributed by atoms with E-state index in [0.29, 0.717) is 0 Å². The second kappa shape index (κ2) is 9.48. The van der Waals surface area contributed by atoms with E-state index in [1.807, 2.05) is 30.3 Å². The van der Waals surface area contributed by atoms with E-state index in [9.17, 15) is 0 Å². The number of nitrogens with zero attached hydrogens (tertiary/aromatic N) is 1. The normalized spacial score (nSPS) is 13.2. The Kier molecular flexibility index (Phi) is 5.41. The first-order valence-electron chi connectivity index (χ1n) is 14.5. The van der Waals surface area contributed by atoms with Gasteiger partial charge in [0.2, 0.25) is 0 Å². The standard InChI is InChI=1S/C37H25BN2O2S/c1-22-18-25(36-29(19-22)40-28-13-5-6-14-30(28)41-32-16-9-12-26(38-36)37(32)40)24-20-33-35(43-34-17-8-7-15-31(34)42-33)21-27(24)39-23-10-3-2-4-11-23/h2-21,38-39H,1H3. The smallest absolute Gasteiger partial charge is 0.198 e. The molecule has 0 spiro atoms. The van der Waals surface area contributed by atoms with Crippen LogP contribution < -0.4 is 30.6 Å². The van der Waals surface area contributed by atoms with Crippen LogP contribution in [0.4, 0.5) is 28.4 Å². The molecule has 0 saturated carbocycles. The lowest BCUT2D eigenvalue weighted by Gasteiger charge is -2.39. The molecule has 9 rings (SSSR count). The number of fused-ring (bicyclic) bond motifs is 6. The zero-order valence-electron chi connectivity index (χ0n) is 23.4. The fraction of sp³-hybridized carbons (Fsp3) is 0.0270. The minimum Gasteiger partial charge on any atom is -0.455 e. The zero-order valence-corrected chi connectivity index (χ0v) is 24.2. The van der Waals surface area contributed by atoms with Crippen LogP contribution in [-0.4, -0.2) is 7.28 Å². The van der Waals surface area contributed by atoms with Gasteiger partial charge in [0.1, 0.15) is 11.5 Å². The van der Waals surface area contributed by atoms with E-state index < -0.39 is 0 Å². The summed E-state index contributed by atoms with van der Waals surface area (Å²) >= 11 is 1.75. The third kappa shape index (κ3) is 3.94. The fourth-order valence-electron chi connectivity index (χ4n) is 6.46. The lowest BCUT2D eigenvalue weighted by Crippen LogP contribution is -2.42.